The first-order valence-electron chi connectivity index (χ1n) is 5.29. The van der Waals surface area contributed by atoms with E-state index in [-0.39, 0.29) is 12.6 Å². The highest BCUT2D eigenvalue weighted by Gasteiger charge is 2.43. The topological polar surface area (TPSA) is 21.3 Å². The van der Waals surface area contributed by atoms with Crippen LogP contribution in [0, 0.1) is 5.92 Å². The van der Waals surface area contributed by atoms with Crippen LogP contribution in [0.5, 0.6) is 0 Å². The Morgan fingerprint density at radius 1 is 1.50 bits per heavy atom. The molecule has 0 aromatic rings. The molecule has 4 heteroatoms. The van der Waals surface area contributed by atoms with Crippen molar-refractivity contribution in [2.45, 2.75) is 44.3 Å². The van der Waals surface area contributed by atoms with Crippen LogP contribution >= 0.6 is 0 Å². The van der Waals surface area contributed by atoms with Crippen molar-refractivity contribution < 1.29 is 13.5 Å². The van der Waals surface area contributed by atoms with Crippen molar-refractivity contribution >= 4 is 0 Å². The molecule has 1 saturated heterocycles. The maximum atomic E-state index is 12.6. The van der Waals surface area contributed by atoms with Gasteiger partial charge < -0.3 is 10.1 Å². The van der Waals surface area contributed by atoms with E-state index in [4.69, 9.17) is 4.74 Å². The summed E-state index contributed by atoms with van der Waals surface area (Å²) < 4.78 is 30.7. The van der Waals surface area contributed by atoms with Crippen LogP contribution in [-0.4, -0.2) is 31.2 Å². The van der Waals surface area contributed by atoms with Crippen LogP contribution in [0.15, 0.2) is 0 Å². The molecule has 1 N–H and O–H groups in total. The van der Waals surface area contributed by atoms with Gasteiger partial charge in [-0.1, -0.05) is 0 Å². The summed E-state index contributed by atoms with van der Waals surface area (Å²) in [6, 6.07) is 0.256. The molecule has 0 spiro atoms. The fraction of sp³-hybridized carbons (Fsp3) is 1.00. The molecule has 0 radical (unpaired) electrons. The molecule has 14 heavy (non-hydrogen) atoms. The normalized spacial score (nSPS) is 37.5. The largest absolute Gasteiger partial charge is 0.378 e. The van der Waals surface area contributed by atoms with Crippen LogP contribution in [-0.2, 0) is 4.74 Å². The molecule has 3 atom stereocenters. The van der Waals surface area contributed by atoms with E-state index in [9.17, 15) is 8.78 Å². The van der Waals surface area contributed by atoms with Crippen molar-refractivity contribution in [3.8, 4) is 0 Å². The van der Waals surface area contributed by atoms with E-state index in [1.54, 1.807) is 0 Å². The molecule has 0 aromatic heterocycles. The highest BCUT2D eigenvalue weighted by atomic mass is 19.3. The van der Waals surface area contributed by atoms with Crippen molar-refractivity contribution in [1.82, 2.24) is 5.32 Å². The average molecular weight is 205 g/mol. The molecule has 0 bridgehead atoms. The zero-order chi connectivity index (χ0) is 10.2. The zero-order valence-corrected chi connectivity index (χ0v) is 8.43. The molecular formula is C10H17F2NO. The number of halogens is 2. The van der Waals surface area contributed by atoms with Crippen molar-refractivity contribution in [2.75, 3.05) is 13.2 Å². The number of hydrogen-bond donors (Lipinski definition) is 1. The summed E-state index contributed by atoms with van der Waals surface area (Å²) >= 11 is 0. The Hall–Kier alpha value is -0.220. The lowest BCUT2D eigenvalue weighted by Gasteiger charge is -2.48. The van der Waals surface area contributed by atoms with Crippen LogP contribution in [0.2, 0.25) is 0 Å². The van der Waals surface area contributed by atoms with E-state index in [1.807, 2.05) is 0 Å². The zero-order valence-electron chi connectivity index (χ0n) is 8.43. The minimum atomic E-state index is -2.60. The van der Waals surface area contributed by atoms with Gasteiger partial charge in [-0.2, -0.15) is 0 Å². The van der Waals surface area contributed by atoms with Gasteiger partial charge in [0.05, 0.1) is 12.6 Å². The highest BCUT2D eigenvalue weighted by molar-refractivity contribution is 4.97. The first kappa shape index (κ1) is 10.3. The molecule has 2 nitrogen and oxygen atoms in total. The maximum Gasteiger partial charge on any atom is 0.257 e. The van der Waals surface area contributed by atoms with Gasteiger partial charge in [0.2, 0.25) is 0 Å². The molecule has 3 unspecified atom stereocenters. The minimum absolute atomic E-state index is 0.207. The predicted octanol–water partition coefficient (Wildman–Crippen LogP) is 1.80. The number of nitrogens with one attached hydrogen (secondary N) is 1. The fourth-order valence-electron chi connectivity index (χ4n) is 2.34. The highest BCUT2D eigenvalue weighted by Crippen LogP contribution is 2.37. The molecule has 1 aliphatic carbocycles. The SMILES string of the molecule is CC(F)(F)CNC1CC2OCCCC12. The third-order valence-corrected chi connectivity index (χ3v) is 3.17. The molecule has 0 aromatic carbocycles. The van der Waals surface area contributed by atoms with Gasteiger partial charge in [0.25, 0.3) is 5.92 Å². The molecular weight excluding hydrogens is 188 g/mol. The van der Waals surface area contributed by atoms with E-state index in [0.717, 1.165) is 32.8 Å². The number of fused-ring (bicyclic) bond motifs is 1. The summed E-state index contributed by atoms with van der Waals surface area (Å²) in [6.45, 7) is 1.59. The number of alkyl halides is 2. The minimum Gasteiger partial charge on any atom is -0.378 e. The number of rotatable bonds is 3. The summed E-state index contributed by atoms with van der Waals surface area (Å²) in [5, 5.41) is 2.93. The van der Waals surface area contributed by atoms with E-state index < -0.39 is 5.92 Å². The Kier molecular flexibility index (Phi) is 2.75. The first-order chi connectivity index (χ1) is 6.56. The predicted molar refractivity (Wildman–Crippen MR) is 49.5 cm³/mol. The third-order valence-electron chi connectivity index (χ3n) is 3.17. The monoisotopic (exact) mass is 205 g/mol. The smallest absolute Gasteiger partial charge is 0.257 e. The van der Waals surface area contributed by atoms with Gasteiger partial charge in [-0.15, -0.1) is 0 Å². The Bertz CT molecular complexity index is 205. The first-order valence-corrected chi connectivity index (χ1v) is 5.29. The Labute approximate surface area is 83.0 Å². The van der Waals surface area contributed by atoms with Gasteiger partial charge in [-0.3, -0.25) is 0 Å². The van der Waals surface area contributed by atoms with Gasteiger partial charge >= 0.3 is 0 Å². The second kappa shape index (κ2) is 3.74. The van der Waals surface area contributed by atoms with Crippen LogP contribution in [0.1, 0.15) is 26.2 Å². The molecule has 82 valence electrons. The Morgan fingerprint density at radius 3 is 2.93 bits per heavy atom. The maximum absolute atomic E-state index is 12.6. The van der Waals surface area contributed by atoms with Crippen molar-refractivity contribution in [3.05, 3.63) is 0 Å². The third kappa shape index (κ3) is 2.23. The number of ether oxygens (including phenoxy) is 1. The second-order valence-electron chi connectivity index (χ2n) is 4.51. The second-order valence-corrected chi connectivity index (χ2v) is 4.51. The lowest BCUT2D eigenvalue weighted by Crippen LogP contribution is -2.57. The molecule has 2 rings (SSSR count). The number of hydrogen-bond acceptors (Lipinski definition) is 2. The molecule has 0 amide bonds. The van der Waals surface area contributed by atoms with Gasteiger partial charge in [-0.25, -0.2) is 8.78 Å². The van der Waals surface area contributed by atoms with E-state index in [1.165, 1.54) is 0 Å². The van der Waals surface area contributed by atoms with Crippen molar-refractivity contribution in [2.24, 2.45) is 5.92 Å². The van der Waals surface area contributed by atoms with Gasteiger partial charge in [-0.05, 0) is 19.3 Å². The van der Waals surface area contributed by atoms with Crippen molar-refractivity contribution in [3.63, 3.8) is 0 Å². The van der Waals surface area contributed by atoms with Crippen LogP contribution in [0.3, 0.4) is 0 Å². The lowest BCUT2D eigenvalue weighted by atomic mass is 9.72. The fourth-order valence-corrected chi connectivity index (χ4v) is 2.34. The summed E-state index contributed by atoms with van der Waals surface area (Å²) in [6.07, 6.45) is 3.44. The van der Waals surface area contributed by atoms with E-state index in [0.29, 0.717) is 12.0 Å². The average Bonchev–Trinajstić information content (AvgIpc) is 2.04. The standard InChI is InChI=1S/C10H17F2NO/c1-10(11,12)6-13-8-5-9-7(8)3-2-4-14-9/h7-9,13H,2-6H2,1H3. The van der Waals surface area contributed by atoms with Gasteiger partial charge in [0, 0.05) is 25.5 Å². The van der Waals surface area contributed by atoms with Gasteiger partial charge in [0.1, 0.15) is 0 Å². The molecule has 1 saturated carbocycles. The molecule has 1 aliphatic heterocycles. The van der Waals surface area contributed by atoms with E-state index in [2.05, 4.69) is 5.32 Å². The Morgan fingerprint density at radius 2 is 2.29 bits per heavy atom. The lowest BCUT2D eigenvalue weighted by molar-refractivity contribution is -0.108. The van der Waals surface area contributed by atoms with Gasteiger partial charge in [0.15, 0.2) is 0 Å². The summed E-state index contributed by atoms with van der Waals surface area (Å²) in [7, 11) is 0. The van der Waals surface area contributed by atoms with Crippen LogP contribution in [0.25, 0.3) is 0 Å². The molecule has 1 heterocycles. The molecule has 2 aliphatic rings. The molecule has 2 fully saturated rings. The Balaban J connectivity index is 1.73. The summed E-state index contributed by atoms with van der Waals surface area (Å²) in [4.78, 5) is 0. The summed E-state index contributed by atoms with van der Waals surface area (Å²) in [5.74, 6) is -2.12. The quantitative estimate of drug-likeness (QED) is 0.758. The van der Waals surface area contributed by atoms with Crippen LogP contribution < -0.4 is 5.32 Å². The van der Waals surface area contributed by atoms with Crippen LogP contribution in [0.4, 0.5) is 8.78 Å². The van der Waals surface area contributed by atoms with Crippen molar-refractivity contribution in [1.29, 1.82) is 0 Å². The summed E-state index contributed by atoms with van der Waals surface area (Å²) in [5.41, 5.74) is 0. The van der Waals surface area contributed by atoms with E-state index >= 15 is 0 Å².